The van der Waals surface area contributed by atoms with Crippen LogP contribution < -0.4 is 0 Å². The van der Waals surface area contributed by atoms with Gasteiger partial charge in [0.05, 0.1) is 0 Å². The van der Waals surface area contributed by atoms with Crippen molar-refractivity contribution in [1.82, 2.24) is 0 Å². The Morgan fingerprint density at radius 2 is 1.46 bits per heavy atom. The molecule has 0 bridgehead atoms. The fourth-order valence-electron chi connectivity index (χ4n) is 4.86. The highest BCUT2D eigenvalue weighted by atomic mass is 16.3. The second kappa shape index (κ2) is 6.42. The van der Waals surface area contributed by atoms with E-state index >= 15 is 0 Å². The second-order valence-corrected chi connectivity index (χ2v) is 7.72. The summed E-state index contributed by atoms with van der Waals surface area (Å²) >= 11 is 0. The minimum atomic E-state index is 0.136. The van der Waals surface area contributed by atoms with Crippen molar-refractivity contribution < 1.29 is 9.90 Å². The Morgan fingerprint density at radius 1 is 0.923 bits per heavy atom. The molecule has 2 nitrogen and oxygen atoms in total. The van der Waals surface area contributed by atoms with Crippen LogP contribution in [-0.4, -0.2) is 10.9 Å². The topological polar surface area (TPSA) is 37.3 Å². The number of rotatable bonds is 3. The molecular weight excluding hydrogens is 320 g/mol. The van der Waals surface area contributed by atoms with E-state index in [2.05, 4.69) is 32.0 Å². The summed E-state index contributed by atoms with van der Waals surface area (Å²) in [6.45, 7) is 6.15. The number of allylic oxidation sites excluding steroid dienone is 2. The Kier molecular flexibility index (Phi) is 4.22. The van der Waals surface area contributed by atoms with Crippen molar-refractivity contribution in [2.24, 2.45) is 11.8 Å². The summed E-state index contributed by atoms with van der Waals surface area (Å²) in [5.74, 6) is 1.43. The molecule has 0 saturated heterocycles. The van der Waals surface area contributed by atoms with Gasteiger partial charge in [-0.1, -0.05) is 32.0 Å². The van der Waals surface area contributed by atoms with Gasteiger partial charge in [0.2, 0.25) is 0 Å². The van der Waals surface area contributed by atoms with E-state index in [0.717, 1.165) is 31.2 Å². The second-order valence-electron chi connectivity index (χ2n) is 7.72. The highest BCUT2D eigenvalue weighted by Gasteiger charge is 2.35. The molecule has 26 heavy (non-hydrogen) atoms. The van der Waals surface area contributed by atoms with E-state index in [1.807, 2.05) is 18.2 Å². The number of hydrogen-bond acceptors (Lipinski definition) is 2. The SMILES string of the molecule is CC[C@@H]1Cc2cc(C(C)=O)ccc2C2=C1c1ccc(O)cc1C[C@@H]2CC. The monoisotopic (exact) mass is 346 g/mol. The summed E-state index contributed by atoms with van der Waals surface area (Å²) < 4.78 is 0. The average molecular weight is 346 g/mol. The molecule has 2 aromatic carbocycles. The molecule has 2 heteroatoms. The van der Waals surface area contributed by atoms with Crippen LogP contribution in [0.2, 0.25) is 0 Å². The first kappa shape index (κ1) is 17.1. The molecule has 1 N–H and O–H groups in total. The van der Waals surface area contributed by atoms with E-state index in [9.17, 15) is 9.90 Å². The van der Waals surface area contributed by atoms with E-state index in [1.54, 1.807) is 6.92 Å². The van der Waals surface area contributed by atoms with Gasteiger partial charge in [0.15, 0.2) is 5.78 Å². The Hall–Kier alpha value is -2.35. The van der Waals surface area contributed by atoms with Crippen LogP contribution in [0.25, 0.3) is 11.1 Å². The number of phenols is 1. The molecule has 0 aliphatic heterocycles. The Labute approximate surface area is 155 Å². The van der Waals surface area contributed by atoms with Gasteiger partial charge in [0.25, 0.3) is 0 Å². The number of benzene rings is 2. The maximum absolute atomic E-state index is 11.8. The van der Waals surface area contributed by atoms with Crippen LogP contribution in [0.5, 0.6) is 5.75 Å². The van der Waals surface area contributed by atoms with Crippen LogP contribution in [0.4, 0.5) is 0 Å². The van der Waals surface area contributed by atoms with E-state index in [-0.39, 0.29) is 5.78 Å². The maximum atomic E-state index is 11.8. The molecule has 2 aromatic rings. The smallest absolute Gasteiger partial charge is 0.159 e. The van der Waals surface area contributed by atoms with Crippen LogP contribution in [0.1, 0.15) is 66.2 Å². The molecule has 0 heterocycles. The molecular formula is C24H26O2. The first-order valence-corrected chi connectivity index (χ1v) is 9.74. The molecule has 0 saturated carbocycles. The molecule has 0 spiro atoms. The van der Waals surface area contributed by atoms with E-state index in [1.165, 1.54) is 33.4 Å². The molecule has 0 radical (unpaired) electrons. The van der Waals surface area contributed by atoms with Crippen LogP contribution in [0.15, 0.2) is 36.4 Å². The zero-order valence-corrected chi connectivity index (χ0v) is 15.8. The van der Waals surface area contributed by atoms with Crippen molar-refractivity contribution >= 4 is 16.9 Å². The van der Waals surface area contributed by atoms with Crippen LogP contribution in [0.3, 0.4) is 0 Å². The average Bonchev–Trinajstić information content (AvgIpc) is 2.65. The molecule has 0 amide bonds. The fraction of sp³-hybridized carbons (Fsp3) is 0.375. The predicted octanol–water partition coefficient (Wildman–Crippen LogP) is 5.67. The van der Waals surface area contributed by atoms with Gasteiger partial charge in [-0.2, -0.15) is 0 Å². The van der Waals surface area contributed by atoms with Crippen molar-refractivity contribution in [2.45, 2.75) is 46.5 Å². The van der Waals surface area contributed by atoms with Gasteiger partial charge in [0, 0.05) is 5.56 Å². The Bertz CT molecular complexity index is 920. The lowest BCUT2D eigenvalue weighted by molar-refractivity contribution is 0.101. The normalized spacial score (nSPS) is 21.0. The summed E-state index contributed by atoms with van der Waals surface area (Å²) in [4.78, 5) is 11.8. The quantitative estimate of drug-likeness (QED) is 0.727. The van der Waals surface area contributed by atoms with Crippen molar-refractivity contribution in [3.63, 3.8) is 0 Å². The minimum Gasteiger partial charge on any atom is -0.508 e. The largest absolute Gasteiger partial charge is 0.508 e. The highest BCUT2D eigenvalue weighted by Crippen LogP contribution is 2.50. The summed E-state index contributed by atoms with van der Waals surface area (Å²) in [6, 6.07) is 12.1. The van der Waals surface area contributed by atoms with Crippen molar-refractivity contribution in [1.29, 1.82) is 0 Å². The van der Waals surface area contributed by atoms with Crippen molar-refractivity contribution in [3.05, 3.63) is 64.2 Å². The number of carbonyl (C=O) groups is 1. The molecule has 0 unspecified atom stereocenters. The number of Topliss-reactive ketones (excluding diaryl/α,β-unsaturated/α-hetero) is 1. The Balaban J connectivity index is 1.98. The molecule has 0 aromatic heterocycles. The lowest BCUT2D eigenvalue weighted by Crippen LogP contribution is -2.24. The standard InChI is InChI=1S/C24H26O2/c1-4-15-10-18-12-17(14(3)25)6-8-21(18)23-16(5-2)11-19-13-20(26)7-9-22(19)24(15)23/h6-9,12-13,15-16,26H,4-5,10-11H2,1-3H3/t15-,16+/m1/s1. The van der Waals surface area contributed by atoms with Gasteiger partial charge in [-0.05, 0) is 96.0 Å². The third kappa shape index (κ3) is 2.59. The molecule has 4 rings (SSSR count). The zero-order chi connectivity index (χ0) is 18.4. The van der Waals surface area contributed by atoms with Gasteiger partial charge >= 0.3 is 0 Å². The van der Waals surface area contributed by atoms with Gasteiger partial charge in [0.1, 0.15) is 5.75 Å². The predicted molar refractivity (Wildman–Crippen MR) is 106 cm³/mol. The molecule has 0 fully saturated rings. The number of phenolic OH excluding ortho intramolecular Hbond substituents is 1. The zero-order valence-electron chi connectivity index (χ0n) is 15.8. The van der Waals surface area contributed by atoms with Crippen molar-refractivity contribution in [3.8, 4) is 5.75 Å². The third-order valence-corrected chi connectivity index (χ3v) is 6.21. The van der Waals surface area contributed by atoms with E-state index in [4.69, 9.17) is 0 Å². The third-order valence-electron chi connectivity index (χ3n) is 6.21. The molecule has 2 aliphatic rings. The number of ketones is 1. The van der Waals surface area contributed by atoms with Gasteiger partial charge < -0.3 is 5.11 Å². The number of aromatic hydroxyl groups is 1. The highest BCUT2D eigenvalue weighted by molar-refractivity contribution is 6.00. The van der Waals surface area contributed by atoms with Crippen LogP contribution in [-0.2, 0) is 12.8 Å². The first-order chi connectivity index (χ1) is 12.5. The van der Waals surface area contributed by atoms with Crippen molar-refractivity contribution in [2.75, 3.05) is 0 Å². The van der Waals surface area contributed by atoms with E-state index < -0.39 is 0 Å². The van der Waals surface area contributed by atoms with E-state index in [0.29, 0.717) is 17.6 Å². The fourth-order valence-corrected chi connectivity index (χ4v) is 4.86. The Morgan fingerprint density at radius 3 is 2.00 bits per heavy atom. The van der Waals surface area contributed by atoms with Gasteiger partial charge in [-0.3, -0.25) is 4.79 Å². The summed E-state index contributed by atoms with van der Waals surface area (Å²) in [7, 11) is 0. The summed E-state index contributed by atoms with van der Waals surface area (Å²) in [6.07, 6.45) is 4.13. The first-order valence-electron chi connectivity index (χ1n) is 9.74. The maximum Gasteiger partial charge on any atom is 0.159 e. The van der Waals surface area contributed by atoms with Crippen LogP contribution in [0, 0.1) is 11.8 Å². The molecule has 2 atom stereocenters. The summed E-state index contributed by atoms with van der Waals surface area (Å²) in [5, 5.41) is 9.96. The lowest BCUT2D eigenvalue weighted by atomic mass is 9.65. The minimum absolute atomic E-state index is 0.136. The summed E-state index contributed by atoms with van der Waals surface area (Å²) in [5.41, 5.74) is 9.02. The number of hydrogen-bond donors (Lipinski definition) is 1. The number of fused-ring (bicyclic) bond motifs is 4. The van der Waals surface area contributed by atoms with Crippen LogP contribution >= 0.6 is 0 Å². The molecule has 134 valence electrons. The van der Waals surface area contributed by atoms with Gasteiger partial charge in [-0.25, -0.2) is 0 Å². The molecule has 2 aliphatic carbocycles. The lowest BCUT2D eigenvalue weighted by Gasteiger charge is -2.38. The number of carbonyl (C=O) groups excluding carboxylic acids is 1. The van der Waals surface area contributed by atoms with Gasteiger partial charge in [-0.15, -0.1) is 0 Å².